The van der Waals surface area contributed by atoms with E-state index in [4.69, 9.17) is 5.26 Å². The Morgan fingerprint density at radius 3 is 2.67 bits per heavy atom. The second kappa shape index (κ2) is 5.63. The molecule has 0 aliphatic carbocycles. The summed E-state index contributed by atoms with van der Waals surface area (Å²) in [5, 5.41) is 24.4. The van der Waals surface area contributed by atoms with Gasteiger partial charge in [-0.05, 0) is 26.0 Å². The number of amides is 2. The molecule has 1 aromatic carbocycles. The van der Waals surface area contributed by atoms with E-state index in [0.29, 0.717) is 0 Å². The van der Waals surface area contributed by atoms with Gasteiger partial charge in [-0.25, -0.2) is 4.79 Å². The molecule has 18 heavy (non-hydrogen) atoms. The van der Waals surface area contributed by atoms with E-state index in [-0.39, 0.29) is 23.0 Å². The van der Waals surface area contributed by atoms with Gasteiger partial charge >= 0.3 is 6.03 Å². The molecule has 0 atom stereocenters. The van der Waals surface area contributed by atoms with Gasteiger partial charge in [-0.15, -0.1) is 0 Å². The van der Waals surface area contributed by atoms with Crippen LogP contribution in [0.5, 0.6) is 0 Å². The molecule has 0 saturated carbocycles. The lowest BCUT2D eigenvalue weighted by Gasteiger charge is -2.10. The number of benzene rings is 1. The fourth-order valence-corrected chi connectivity index (χ4v) is 1.28. The highest BCUT2D eigenvalue weighted by atomic mass is 16.6. The number of carbonyl (C=O) groups excluding carboxylic acids is 1. The molecular weight excluding hydrogens is 236 g/mol. The highest BCUT2D eigenvalue weighted by Gasteiger charge is 2.16. The Labute approximate surface area is 104 Å². The van der Waals surface area contributed by atoms with Gasteiger partial charge in [0, 0.05) is 12.1 Å². The molecular formula is C11H12N4O3. The summed E-state index contributed by atoms with van der Waals surface area (Å²) < 4.78 is 0. The highest BCUT2D eigenvalue weighted by Crippen LogP contribution is 2.25. The zero-order valence-corrected chi connectivity index (χ0v) is 9.93. The zero-order valence-electron chi connectivity index (χ0n) is 9.93. The normalized spacial score (nSPS) is 9.67. The van der Waals surface area contributed by atoms with Gasteiger partial charge in [0.2, 0.25) is 0 Å². The fraction of sp³-hybridized carbons (Fsp3) is 0.273. The molecule has 0 saturated heterocycles. The van der Waals surface area contributed by atoms with E-state index in [1.165, 1.54) is 12.1 Å². The number of urea groups is 1. The van der Waals surface area contributed by atoms with Crippen LogP contribution in [0.2, 0.25) is 0 Å². The molecule has 0 bridgehead atoms. The van der Waals surface area contributed by atoms with Crippen molar-refractivity contribution in [2.24, 2.45) is 0 Å². The van der Waals surface area contributed by atoms with Crippen LogP contribution in [-0.2, 0) is 0 Å². The van der Waals surface area contributed by atoms with Crippen molar-refractivity contribution in [2.45, 2.75) is 19.9 Å². The highest BCUT2D eigenvalue weighted by molar-refractivity contribution is 5.92. The molecule has 1 rings (SSSR count). The molecule has 0 spiro atoms. The molecule has 0 aliphatic heterocycles. The zero-order chi connectivity index (χ0) is 13.7. The van der Waals surface area contributed by atoms with Crippen LogP contribution in [0, 0.1) is 21.4 Å². The first-order valence-electron chi connectivity index (χ1n) is 5.20. The maximum Gasteiger partial charge on any atom is 0.319 e. The molecule has 2 amide bonds. The van der Waals surface area contributed by atoms with Crippen LogP contribution in [-0.4, -0.2) is 17.0 Å². The predicted octanol–water partition coefficient (Wildman–Crippen LogP) is 2.00. The van der Waals surface area contributed by atoms with Crippen LogP contribution < -0.4 is 10.6 Å². The van der Waals surface area contributed by atoms with Crippen molar-refractivity contribution in [1.29, 1.82) is 5.26 Å². The Bertz CT molecular complexity index is 520. The van der Waals surface area contributed by atoms with E-state index in [2.05, 4.69) is 10.6 Å². The minimum Gasteiger partial charge on any atom is -0.336 e. The summed E-state index contributed by atoms with van der Waals surface area (Å²) >= 11 is 0. The monoisotopic (exact) mass is 248 g/mol. The first-order valence-corrected chi connectivity index (χ1v) is 5.20. The maximum absolute atomic E-state index is 11.4. The smallest absolute Gasteiger partial charge is 0.319 e. The lowest BCUT2D eigenvalue weighted by molar-refractivity contribution is -0.383. The number of hydrogen-bond donors (Lipinski definition) is 2. The molecule has 0 aliphatic rings. The van der Waals surface area contributed by atoms with Crippen molar-refractivity contribution < 1.29 is 9.72 Å². The first kappa shape index (κ1) is 13.4. The predicted molar refractivity (Wildman–Crippen MR) is 65.1 cm³/mol. The van der Waals surface area contributed by atoms with Crippen LogP contribution in [0.4, 0.5) is 16.2 Å². The number of nitrogens with zero attached hydrogens (tertiary/aromatic N) is 2. The van der Waals surface area contributed by atoms with Crippen molar-refractivity contribution in [3.8, 4) is 6.07 Å². The lowest BCUT2D eigenvalue weighted by atomic mass is 10.2. The summed E-state index contributed by atoms with van der Waals surface area (Å²) in [6, 6.07) is 5.04. The fourth-order valence-electron chi connectivity index (χ4n) is 1.28. The van der Waals surface area contributed by atoms with Gasteiger partial charge in [-0.3, -0.25) is 10.1 Å². The van der Waals surface area contributed by atoms with Gasteiger partial charge in [0.1, 0.15) is 5.69 Å². The van der Waals surface area contributed by atoms with Crippen LogP contribution >= 0.6 is 0 Å². The minimum absolute atomic E-state index is 0.0529. The maximum atomic E-state index is 11.4. The Hall–Kier alpha value is -2.62. The third-order valence-corrected chi connectivity index (χ3v) is 1.99. The quantitative estimate of drug-likeness (QED) is 0.629. The number of nitriles is 1. The second-order valence-electron chi connectivity index (χ2n) is 3.85. The number of nitrogens with one attached hydrogen (secondary N) is 2. The van der Waals surface area contributed by atoms with Crippen LogP contribution in [0.3, 0.4) is 0 Å². The summed E-state index contributed by atoms with van der Waals surface area (Å²) in [4.78, 5) is 21.6. The van der Waals surface area contributed by atoms with Gasteiger partial charge in [-0.2, -0.15) is 5.26 Å². The number of nitro benzene ring substituents is 1. The Balaban J connectivity index is 2.99. The minimum atomic E-state index is -0.647. The number of rotatable bonds is 3. The van der Waals surface area contributed by atoms with Gasteiger partial charge in [0.25, 0.3) is 5.69 Å². The van der Waals surface area contributed by atoms with Crippen molar-refractivity contribution in [1.82, 2.24) is 5.32 Å². The third kappa shape index (κ3) is 3.45. The largest absolute Gasteiger partial charge is 0.336 e. The molecule has 2 N–H and O–H groups in total. The third-order valence-electron chi connectivity index (χ3n) is 1.99. The van der Waals surface area contributed by atoms with Crippen molar-refractivity contribution >= 4 is 17.4 Å². The van der Waals surface area contributed by atoms with Crippen LogP contribution in [0.15, 0.2) is 18.2 Å². The van der Waals surface area contributed by atoms with E-state index in [9.17, 15) is 14.9 Å². The van der Waals surface area contributed by atoms with E-state index in [1.54, 1.807) is 19.9 Å². The van der Waals surface area contributed by atoms with Crippen molar-refractivity contribution in [3.63, 3.8) is 0 Å². The van der Waals surface area contributed by atoms with E-state index in [0.717, 1.165) is 6.07 Å². The molecule has 0 fully saturated rings. The van der Waals surface area contributed by atoms with Crippen LogP contribution in [0.1, 0.15) is 19.4 Å². The molecule has 0 heterocycles. The Morgan fingerprint density at radius 2 is 2.17 bits per heavy atom. The summed E-state index contributed by atoms with van der Waals surface area (Å²) in [6.07, 6.45) is 0. The Kier molecular flexibility index (Phi) is 4.21. The Morgan fingerprint density at radius 1 is 1.50 bits per heavy atom. The summed E-state index contributed by atoms with van der Waals surface area (Å²) in [7, 11) is 0. The summed E-state index contributed by atoms with van der Waals surface area (Å²) in [5.41, 5.74) is -0.0957. The molecule has 7 nitrogen and oxygen atoms in total. The average Bonchev–Trinajstić information content (AvgIpc) is 2.28. The number of anilines is 1. The van der Waals surface area contributed by atoms with Crippen molar-refractivity contribution in [3.05, 3.63) is 33.9 Å². The standard InChI is InChI=1S/C11H12N4O3/c1-7(2)13-11(16)14-9-4-3-8(6-12)5-10(9)15(17)18/h3-5,7H,1-2H3,(H2,13,14,16). The lowest BCUT2D eigenvalue weighted by Crippen LogP contribution is -2.34. The van der Waals surface area contributed by atoms with Gasteiger partial charge in [0.15, 0.2) is 0 Å². The van der Waals surface area contributed by atoms with E-state index >= 15 is 0 Å². The first-order chi connectivity index (χ1) is 8.43. The molecule has 1 aromatic rings. The topological polar surface area (TPSA) is 108 Å². The van der Waals surface area contributed by atoms with Gasteiger partial charge in [0.05, 0.1) is 16.6 Å². The molecule has 0 aromatic heterocycles. The van der Waals surface area contributed by atoms with E-state index in [1.807, 2.05) is 0 Å². The van der Waals surface area contributed by atoms with Crippen molar-refractivity contribution in [2.75, 3.05) is 5.32 Å². The molecule has 0 radical (unpaired) electrons. The molecule has 0 unspecified atom stereocenters. The average molecular weight is 248 g/mol. The van der Waals surface area contributed by atoms with E-state index < -0.39 is 11.0 Å². The number of nitro groups is 1. The molecule has 94 valence electrons. The summed E-state index contributed by atoms with van der Waals surface area (Å²) in [5.74, 6) is 0. The van der Waals surface area contributed by atoms with Crippen LogP contribution in [0.25, 0.3) is 0 Å². The van der Waals surface area contributed by atoms with Gasteiger partial charge in [-0.1, -0.05) is 0 Å². The molecule has 7 heteroatoms. The SMILES string of the molecule is CC(C)NC(=O)Nc1ccc(C#N)cc1[N+](=O)[O-]. The summed E-state index contributed by atoms with van der Waals surface area (Å²) in [6.45, 7) is 3.54. The van der Waals surface area contributed by atoms with Gasteiger partial charge < -0.3 is 10.6 Å². The second-order valence-corrected chi connectivity index (χ2v) is 3.85. The number of carbonyl (C=O) groups is 1. The number of hydrogen-bond acceptors (Lipinski definition) is 4.